The average Bonchev–Trinajstić information content (AvgIpc) is 2.90. The summed E-state index contributed by atoms with van der Waals surface area (Å²) >= 11 is 0. The lowest BCUT2D eigenvalue weighted by Gasteiger charge is -2.31. The molecule has 3 nitrogen and oxygen atoms in total. The SMILES string of the molecule is NCc1ccccc1N1CC2CC1CN2. The van der Waals surface area contributed by atoms with E-state index in [1.54, 1.807) is 0 Å². The molecule has 80 valence electrons. The highest BCUT2D eigenvalue weighted by molar-refractivity contribution is 5.56. The fourth-order valence-electron chi connectivity index (χ4n) is 2.82. The zero-order valence-corrected chi connectivity index (χ0v) is 8.82. The van der Waals surface area contributed by atoms with E-state index in [0.29, 0.717) is 18.6 Å². The van der Waals surface area contributed by atoms with Gasteiger partial charge >= 0.3 is 0 Å². The van der Waals surface area contributed by atoms with Crippen molar-refractivity contribution in [3.8, 4) is 0 Å². The topological polar surface area (TPSA) is 41.3 Å². The summed E-state index contributed by atoms with van der Waals surface area (Å²) in [6.45, 7) is 2.91. The van der Waals surface area contributed by atoms with Crippen molar-refractivity contribution in [3.63, 3.8) is 0 Å². The second kappa shape index (κ2) is 3.51. The van der Waals surface area contributed by atoms with E-state index in [-0.39, 0.29) is 0 Å². The highest BCUT2D eigenvalue weighted by Crippen LogP contribution is 2.31. The van der Waals surface area contributed by atoms with Gasteiger partial charge in [-0.3, -0.25) is 0 Å². The standard InChI is InChI=1S/C12H17N3/c13-6-9-3-1-2-4-12(9)15-8-10-5-11(15)7-14-10/h1-4,10-11,14H,5-8,13H2. The Kier molecular flexibility index (Phi) is 2.15. The van der Waals surface area contributed by atoms with E-state index >= 15 is 0 Å². The van der Waals surface area contributed by atoms with Gasteiger partial charge < -0.3 is 16.0 Å². The van der Waals surface area contributed by atoms with Crippen LogP contribution in [0.25, 0.3) is 0 Å². The van der Waals surface area contributed by atoms with Gasteiger partial charge in [0.1, 0.15) is 0 Å². The van der Waals surface area contributed by atoms with Crippen LogP contribution in [0.4, 0.5) is 5.69 Å². The molecule has 3 rings (SSSR count). The minimum absolute atomic E-state index is 0.636. The summed E-state index contributed by atoms with van der Waals surface area (Å²) in [5, 5.41) is 3.52. The van der Waals surface area contributed by atoms with Crippen molar-refractivity contribution in [1.29, 1.82) is 0 Å². The molecule has 15 heavy (non-hydrogen) atoms. The van der Waals surface area contributed by atoms with Gasteiger partial charge in [-0.2, -0.15) is 0 Å². The summed E-state index contributed by atoms with van der Waals surface area (Å²) < 4.78 is 0. The summed E-state index contributed by atoms with van der Waals surface area (Å²) in [6.07, 6.45) is 1.29. The van der Waals surface area contributed by atoms with Crippen molar-refractivity contribution < 1.29 is 0 Å². The van der Waals surface area contributed by atoms with Crippen molar-refractivity contribution in [2.75, 3.05) is 18.0 Å². The molecule has 0 aliphatic carbocycles. The fourth-order valence-corrected chi connectivity index (χ4v) is 2.82. The molecule has 2 aliphatic rings. The number of nitrogens with zero attached hydrogens (tertiary/aromatic N) is 1. The van der Waals surface area contributed by atoms with Gasteiger partial charge in [-0.1, -0.05) is 18.2 Å². The zero-order valence-electron chi connectivity index (χ0n) is 8.82. The number of fused-ring (bicyclic) bond motifs is 2. The van der Waals surface area contributed by atoms with Crippen molar-refractivity contribution in [1.82, 2.24) is 5.32 Å². The van der Waals surface area contributed by atoms with Gasteiger partial charge in [0.15, 0.2) is 0 Å². The Morgan fingerprint density at radius 2 is 2.27 bits per heavy atom. The third-order valence-electron chi connectivity index (χ3n) is 3.58. The molecule has 1 aromatic rings. The number of rotatable bonds is 2. The minimum atomic E-state index is 0.636. The molecule has 2 unspecified atom stereocenters. The van der Waals surface area contributed by atoms with Gasteiger partial charge in [0.2, 0.25) is 0 Å². The van der Waals surface area contributed by atoms with Gasteiger partial charge in [-0.05, 0) is 18.1 Å². The van der Waals surface area contributed by atoms with Crippen LogP contribution < -0.4 is 16.0 Å². The van der Waals surface area contributed by atoms with Crippen LogP contribution >= 0.6 is 0 Å². The molecule has 0 amide bonds. The third kappa shape index (κ3) is 1.43. The van der Waals surface area contributed by atoms with Gasteiger partial charge in [-0.25, -0.2) is 0 Å². The van der Waals surface area contributed by atoms with Crippen LogP contribution in [0.1, 0.15) is 12.0 Å². The van der Waals surface area contributed by atoms with E-state index in [2.05, 4.69) is 34.5 Å². The molecule has 2 bridgehead atoms. The molecule has 2 saturated heterocycles. The van der Waals surface area contributed by atoms with Gasteiger partial charge in [0, 0.05) is 37.4 Å². The lowest BCUT2D eigenvalue weighted by atomic mass is 10.1. The molecule has 1 aromatic carbocycles. The van der Waals surface area contributed by atoms with Crippen molar-refractivity contribution >= 4 is 5.69 Å². The molecule has 0 spiro atoms. The van der Waals surface area contributed by atoms with Gasteiger partial charge in [-0.15, -0.1) is 0 Å². The Labute approximate surface area is 90.3 Å². The molecule has 3 N–H and O–H groups in total. The molecule has 0 radical (unpaired) electrons. The molecule has 0 saturated carbocycles. The van der Waals surface area contributed by atoms with Crippen molar-refractivity contribution in [2.24, 2.45) is 5.73 Å². The van der Waals surface area contributed by atoms with Crippen LogP contribution in [0.2, 0.25) is 0 Å². The monoisotopic (exact) mass is 203 g/mol. The minimum Gasteiger partial charge on any atom is -0.365 e. The normalized spacial score (nSPS) is 28.7. The van der Waals surface area contributed by atoms with Crippen molar-refractivity contribution in [2.45, 2.75) is 25.0 Å². The summed E-state index contributed by atoms with van der Waals surface area (Å²) in [5.74, 6) is 0. The molecule has 2 atom stereocenters. The highest BCUT2D eigenvalue weighted by Gasteiger charge is 2.37. The molecule has 2 aliphatic heterocycles. The van der Waals surface area contributed by atoms with E-state index < -0.39 is 0 Å². The zero-order chi connectivity index (χ0) is 10.3. The maximum absolute atomic E-state index is 5.77. The summed E-state index contributed by atoms with van der Waals surface area (Å²) in [5.41, 5.74) is 8.38. The van der Waals surface area contributed by atoms with Crippen molar-refractivity contribution in [3.05, 3.63) is 29.8 Å². The molecular weight excluding hydrogens is 186 g/mol. The molecule has 2 heterocycles. The van der Waals surface area contributed by atoms with Crippen LogP contribution in [0.3, 0.4) is 0 Å². The predicted octanol–water partition coefficient (Wildman–Crippen LogP) is 0.696. The fraction of sp³-hybridized carbons (Fsp3) is 0.500. The van der Waals surface area contributed by atoms with Crippen LogP contribution in [0, 0.1) is 0 Å². The number of para-hydroxylation sites is 1. The van der Waals surface area contributed by atoms with Crippen LogP contribution in [-0.4, -0.2) is 25.2 Å². The predicted molar refractivity (Wildman–Crippen MR) is 61.9 cm³/mol. The van der Waals surface area contributed by atoms with E-state index in [1.807, 2.05) is 0 Å². The van der Waals surface area contributed by atoms with Gasteiger partial charge in [0.05, 0.1) is 0 Å². The first-order valence-corrected chi connectivity index (χ1v) is 5.66. The first-order valence-electron chi connectivity index (χ1n) is 5.66. The number of piperazine rings is 1. The van der Waals surface area contributed by atoms with E-state index in [4.69, 9.17) is 5.73 Å². The molecular formula is C12H17N3. The number of hydrogen-bond acceptors (Lipinski definition) is 3. The van der Waals surface area contributed by atoms with Gasteiger partial charge in [0.25, 0.3) is 0 Å². The number of anilines is 1. The Morgan fingerprint density at radius 3 is 2.93 bits per heavy atom. The summed E-state index contributed by atoms with van der Waals surface area (Å²) in [7, 11) is 0. The Balaban J connectivity index is 1.92. The van der Waals surface area contributed by atoms with Crippen LogP contribution in [-0.2, 0) is 6.54 Å². The second-order valence-electron chi connectivity index (χ2n) is 4.48. The Hall–Kier alpha value is -1.06. The Morgan fingerprint density at radius 1 is 1.40 bits per heavy atom. The third-order valence-corrected chi connectivity index (χ3v) is 3.58. The largest absolute Gasteiger partial charge is 0.365 e. The first-order chi connectivity index (χ1) is 7.38. The highest BCUT2D eigenvalue weighted by atomic mass is 15.3. The maximum Gasteiger partial charge on any atom is 0.0430 e. The maximum atomic E-state index is 5.77. The summed E-state index contributed by atoms with van der Waals surface area (Å²) in [4.78, 5) is 2.52. The van der Waals surface area contributed by atoms with Crippen LogP contribution in [0.15, 0.2) is 24.3 Å². The summed E-state index contributed by atoms with van der Waals surface area (Å²) in [6, 6.07) is 9.88. The number of hydrogen-bond donors (Lipinski definition) is 2. The number of nitrogens with one attached hydrogen (secondary N) is 1. The quantitative estimate of drug-likeness (QED) is 0.743. The molecule has 2 fully saturated rings. The smallest absolute Gasteiger partial charge is 0.0430 e. The average molecular weight is 203 g/mol. The van der Waals surface area contributed by atoms with E-state index in [9.17, 15) is 0 Å². The molecule has 0 aromatic heterocycles. The number of nitrogens with two attached hydrogens (primary N) is 1. The lowest BCUT2D eigenvalue weighted by Crippen LogP contribution is -2.44. The molecule has 3 heteroatoms. The van der Waals surface area contributed by atoms with Crippen LogP contribution in [0.5, 0.6) is 0 Å². The van der Waals surface area contributed by atoms with E-state index in [0.717, 1.165) is 13.1 Å². The van der Waals surface area contributed by atoms with E-state index in [1.165, 1.54) is 17.7 Å². The number of benzene rings is 1. The Bertz CT molecular complexity index is 364. The first kappa shape index (κ1) is 9.19. The second-order valence-corrected chi connectivity index (χ2v) is 4.48. The lowest BCUT2D eigenvalue weighted by molar-refractivity contribution is 0.579.